The van der Waals surface area contributed by atoms with E-state index in [-0.39, 0.29) is 5.54 Å². The van der Waals surface area contributed by atoms with Crippen LogP contribution in [0.5, 0.6) is 0 Å². The minimum atomic E-state index is -0.833. The summed E-state index contributed by atoms with van der Waals surface area (Å²) in [4.78, 5) is 13.1. The van der Waals surface area contributed by atoms with Crippen LogP contribution in [0.1, 0.15) is 51.0 Å². The summed E-state index contributed by atoms with van der Waals surface area (Å²) < 4.78 is 0. The summed E-state index contributed by atoms with van der Waals surface area (Å²) in [6.45, 7) is 1.08. The fourth-order valence-corrected chi connectivity index (χ4v) is 3.35. The van der Waals surface area contributed by atoms with Gasteiger partial charge in [-0.2, -0.15) is 0 Å². The van der Waals surface area contributed by atoms with Crippen LogP contribution in [0.3, 0.4) is 0 Å². The lowest BCUT2D eigenvalue weighted by Gasteiger charge is -2.52. The molecule has 104 valence electrons. The fourth-order valence-electron chi connectivity index (χ4n) is 3.35. The van der Waals surface area contributed by atoms with Gasteiger partial charge in [-0.25, -0.2) is 0 Å². The number of hydrogen-bond donors (Lipinski definition) is 2. The molecular formula is C15H22N2O2. The Bertz CT molecular complexity index is 416. The number of carboxylic acids is 1. The highest BCUT2D eigenvalue weighted by Gasteiger charge is 2.47. The van der Waals surface area contributed by atoms with E-state index in [1.807, 2.05) is 12.4 Å². The Morgan fingerprint density at radius 3 is 2.00 bits per heavy atom. The maximum absolute atomic E-state index is 9.00. The van der Waals surface area contributed by atoms with Gasteiger partial charge in [0, 0.05) is 24.9 Å². The molecule has 4 rings (SSSR count). The zero-order chi connectivity index (χ0) is 13.9. The summed E-state index contributed by atoms with van der Waals surface area (Å²) in [5.41, 5.74) is 8.42. The molecule has 0 saturated heterocycles. The van der Waals surface area contributed by atoms with Crippen LogP contribution in [0.25, 0.3) is 0 Å². The third kappa shape index (κ3) is 3.13. The molecule has 0 atom stereocenters. The molecule has 4 heteroatoms. The molecule has 4 nitrogen and oxygen atoms in total. The van der Waals surface area contributed by atoms with Gasteiger partial charge in [0.1, 0.15) is 0 Å². The van der Waals surface area contributed by atoms with Gasteiger partial charge in [0.2, 0.25) is 0 Å². The van der Waals surface area contributed by atoms with Gasteiger partial charge in [-0.3, -0.25) is 9.78 Å². The smallest absolute Gasteiger partial charge is 0.300 e. The van der Waals surface area contributed by atoms with Crippen molar-refractivity contribution in [2.75, 3.05) is 0 Å². The van der Waals surface area contributed by atoms with Crippen molar-refractivity contribution in [1.29, 1.82) is 0 Å². The molecule has 1 aromatic heterocycles. The number of nitrogens with two attached hydrogens (primary N) is 1. The molecule has 0 aliphatic heterocycles. The van der Waals surface area contributed by atoms with Gasteiger partial charge in [-0.1, -0.05) is 0 Å². The van der Waals surface area contributed by atoms with Crippen molar-refractivity contribution in [2.45, 2.75) is 56.4 Å². The van der Waals surface area contributed by atoms with E-state index in [1.54, 1.807) is 0 Å². The lowest BCUT2D eigenvalue weighted by molar-refractivity contribution is -0.134. The van der Waals surface area contributed by atoms with Crippen LogP contribution in [0.2, 0.25) is 0 Å². The zero-order valence-corrected chi connectivity index (χ0v) is 11.4. The molecule has 3 fully saturated rings. The summed E-state index contributed by atoms with van der Waals surface area (Å²) >= 11 is 0. The zero-order valence-electron chi connectivity index (χ0n) is 11.4. The van der Waals surface area contributed by atoms with E-state index in [0.29, 0.717) is 5.41 Å². The van der Waals surface area contributed by atoms with Gasteiger partial charge in [-0.15, -0.1) is 0 Å². The fraction of sp³-hybridized carbons (Fsp3) is 0.600. The first-order valence-corrected chi connectivity index (χ1v) is 6.85. The molecule has 19 heavy (non-hydrogen) atoms. The van der Waals surface area contributed by atoms with Crippen molar-refractivity contribution in [2.24, 2.45) is 5.73 Å². The Labute approximate surface area is 114 Å². The third-order valence-electron chi connectivity index (χ3n) is 4.60. The number of pyridine rings is 1. The molecule has 0 amide bonds. The van der Waals surface area contributed by atoms with Gasteiger partial charge in [0.25, 0.3) is 5.97 Å². The second-order valence-electron chi connectivity index (χ2n) is 5.90. The van der Waals surface area contributed by atoms with Crippen molar-refractivity contribution in [3.63, 3.8) is 0 Å². The number of rotatable bonds is 1. The van der Waals surface area contributed by atoms with E-state index < -0.39 is 5.97 Å². The van der Waals surface area contributed by atoms with Gasteiger partial charge in [-0.05, 0) is 61.6 Å². The summed E-state index contributed by atoms with van der Waals surface area (Å²) in [5.74, 6) is -0.833. The monoisotopic (exact) mass is 262 g/mol. The van der Waals surface area contributed by atoms with Crippen LogP contribution >= 0.6 is 0 Å². The number of fused-ring (bicyclic) bond motifs is 3. The average Bonchev–Trinajstić information content (AvgIpc) is 2.40. The third-order valence-corrected chi connectivity index (χ3v) is 4.60. The summed E-state index contributed by atoms with van der Waals surface area (Å²) in [5, 5.41) is 7.42. The molecule has 0 spiro atoms. The average molecular weight is 262 g/mol. The van der Waals surface area contributed by atoms with Crippen molar-refractivity contribution >= 4 is 5.97 Å². The van der Waals surface area contributed by atoms with Gasteiger partial charge in [0.15, 0.2) is 0 Å². The number of nitrogens with zero attached hydrogens (tertiary/aromatic N) is 1. The van der Waals surface area contributed by atoms with Crippen LogP contribution < -0.4 is 5.73 Å². The molecule has 3 aliphatic carbocycles. The Morgan fingerprint density at radius 2 is 1.58 bits per heavy atom. The van der Waals surface area contributed by atoms with Gasteiger partial charge < -0.3 is 10.8 Å². The van der Waals surface area contributed by atoms with E-state index in [2.05, 4.69) is 17.1 Å². The molecule has 0 aromatic carbocycles. The maximum Gasteiger partial charge on any atom is 0.300 e. The molecule has 1 heterocycles. The lowest BCUT2D eigenvalue weighted by Crippen LogP contribution is -2.53. The van der Waals surface area contributed by atoms with Gasteiger partial charge >= 0.3 is 0 Å². The van der Waals surface area contributed by atoms with Crippen LogP contribution in [0.15, 0.2) is 24.5 Å². The number of carboxylic acid groups (broad SMARTS) is 1. The van der Waals surface area contributed by atoms with Gasteiger partial charge in [0.05, 0.1) is 0 Å². The Hall–Kier alpha value is -1.42. The van der Waals surface area contributed by atoms with Crippen LogP contribution in [-0.2, 0) is 10.2 Å². The largest absolute Gasteiger partial charge is 0.481 e. The number of hydrogen-bond acceptors (Lipinski definition) is 3. The van der Waals surface area contributed by atoms with Crippen LogP contribution in [0.4, 0.5) is 0 Å². The van der Waals surface area contributed by atoms with E-state index >= 15 is 0 Å². The SMILES string of the molecule is CC(=O)O.NC12CCC(c3ccncc3)(CC1)CC2. The first-order valence-electron chi connectivity index (χ1n) is 6.85. The number of aliphatic carboxylic acids is 1. The lowest BCUT2D eigenvalue weighted by atomic mass is 9.55. The van der Waals surface area contributed by atoms with Crippen molar-refractivity contribution in [1.82, 2.24) is 4.98 Å². The molecule has 0 radical (unpaired) electrons. The molecule has 3 saturated carbocycles. The van der Waals surface area contributed by atoms with Crippen molar-refractivity contribution < 1.29 is 9.90 Å². The molecular weight excluding hydrogens is 240 g/mol. The first kappa shape index (κ1) is 14.0. The van der Waals surface area contributed by atoms with Crippen LogP contribution in [-0.4, -0.2) is 21.6 Å². The number of carbonyl (C=O) groups is 1. The number of aromatic nitrogens is 1. The molecule has 3 aliphatic rings. The quantitative estimate of drug-likeness (QED) is 0.815. The molecule has 1 aromatic rings. The van der Waals surface area contributed by atoms with E-state index in [1.165, 1.54) is 44.1 Å². The van der Waals surface area contributed by atoms with E-state index in [0.717, 1.165) is 6.92 Å². The Kier molecular flexibility index (Phi) is 3.90. The molecule has 0 unspecified atom stereocenters. The summed E-state index contributed by atoms with van der Waals surface area (Å²) in [6, 6.07) is 4.38. The molecule has 2 bridgehead atoms. The second-order valence-corrected chi connectivity index (χ2v) is 5.90. The molecule has 3 N–H and O–H groups in total. The topological polar surface area (TPSA) is 76.2 Å². The second kappa shape index (κ2) is 5.29. The predicted octanol–water partition coefficient (Wildman–Crippen LogP) is 2.48. The normalized spacial score (nSPS) is 32.3. The van der Waals surface area contributed by atoms with Crippen molar-refractivity contribution in [3.05, 3.63) is 30.1 Å². The Morgan fingerprint density at radius 1 is 1.16 bits per heavy atom. The highest BCUT2D eigenvalue weighted by Crippen LogP contribution is 2.52. The minimum Gasteiger partial charge on any atom is -0.481 e. The maximum atomic E-state index is 9.00. The van der Waals surface area contributed by atoms with E-state index in [9.17, 15) is 0 Å². The minimum absolute atomic E-state index is 0.175. The predicted molar refractivity (Wildman–Crippen MR) is 73.8 cm³/mol. The Balaban J connectivity index is 0.000000297. The highest BCUT2D eigenvalue weighted by atomic mass is 16.4. The summed E-state index contributed by atoms with van der Waals surface area (Å²) in [6.07, 6.45) is 11.3. The highest BCUT2D eigenvalue weighted by molar-refractivity contribution is 5.62. The van der Waals surface area contributed by atoms with E-state index in [4.69, 9.17) is 15.6 Å². The standard InChI is InChI=1S/C13H18N2.C2H4O2/c14-13-6-3-12(4-7-13,5-8-13)11-1-9-15-10-2-11;1-2(3)4/h1-2,9-10H,3-8,14H2;1H3,(H,3,4). The van der Waals surface area contributed by atoms with Crippen LogP contribution in [0, 0.1) is 0 Å². The summed E-state index contributed by atoms with van der Waals surface area (Å²) in [7, 11) is 0. The van der Waals surface area contributed by atoms with Crippen molar-refractivity contribution in [3.8, 4) is 0 Å². The first-order chi connectivity index (χ1) is 8.96.